The number of nitrogens with zero attached hydrogens (tertiary/aromatic N) is 1. The van der Waals surface area contributed by atoms with E-state index in [1.54, 1.807) is 0 Å². The third-order valence-electron chi connectivity index (χ3n) is 5.07. The fraction of sp³-hybridized carbons (Fsp3) is 0.350. The van der Waals surface area contributed by atoms with Crippen LogP contribution in [0.1, 0.15) is 35.1 Å². The van der Waals surface area contributed by atoms with Gasteiger partial charge in [0.1, 0.15) is 0 Å². The largest absolute Gasteiger partial charge is 0.374 e. The molecule has 1 amide bonds. The summed E-state index contributed by atoms with van der Waals surface area (Å²) in [5.41, 5.74) is 7.47. The summed E-state index contributed by atoms with van der Waals surface area (Å²) in [4.78, 5) is 14.5. The molecule has 2 aromatic rings. The third kappa shape index (κ3) is 2.61. The number of hydrogen-bond donors (Lipinski definition) is 1. The molecule has 0 aromatic heterocycles. The average Bonchev–Trinajstić information content (AvgIpc) is 2.57. The molecule has 23 heavy (non-hydrogen) atoms. The molecule has 1 N–H and O–H groups in total. The summed E-state index contributed by atoms with van der Waals surface area (Å²) in [5, 5.41) is 3.30. The predicted molar refractivity (Wildman–Crippen MR) is 93.9 cm³/mol. The van der Waals surface area contributed by atoms with Crippen molar-refractivity contribution in [3.8, 4) is 0 Å². The Bertz CT molecular complexity index is 766. The lowest BCUT2D eigenvalue weighted by atomic mass is 9.90. The minimum Gasteiger partial charge on any atom is -0.374 e. The second kappa shape index (κ2) is 5.73. The average molecular weight is 306 g/mol. The second-order valence-electron chi connectivity index (χ2n) is 6.61. The minimum absolute atomic E-state index is 0.150. The van der Waals surface area contributed by atoms with Crippen molar-refractivity contribution in [1.82, 2.24) is 0 Å². The molecule has 0 bridgehead atoms. The van der Waals surface area contributed by atoms with Crippen molar-refractivity contribution < 1.29 is 4.79 Å². The summed E-state index contributed by atoms with van der Waals surface area (Å²) >= 11 is 0. The Morgan fingerprint density at radius 2 is 1.83 bits per heavy atom. The van der Waals surface area contributed by atoms with Gasteiger partial charge in [0, 0.05) is 0 Å². The number of amides is 1. The first kappa shape index (κ1) is 14.3. The summed E-state index contributed by atoms with van der Waals surface area (Å²) in [6.07, 6.45) is 4.83. The van der Waals surface area contributed by atoms with Crippen LogP contribution in [0.2, 0.25) is 0 Å². The Hall–Kier alpha value is -2.29. The molecule has 0 spiro atoms. The molecule has 0 fully saturated rings. The lowest BCUT2D eigenvalue weighted by Gasteiger charge is -2.32. The van der Waals surface area contributed by atoms with Crippen LogP contribution in [0.15, 0.2) is 36.4 Å². The van der Waals surface area contributed by atoms with Crippen molar-refractivity contribution in [1.29, 1.82) is 0 Å². The zero-order valence-electron chi connectivity index (χ0n) is 13.6. The molecule has 1 aliphatic heterocycles. The quantitative estimate of drug-likeness (QED) is 0.914. The van der Waals surface area contributed by atoms with Gasteiger partial charge in [0.15, 0.2) is 0 Å². The molecule has 3 heteroatoms. The van der Waals surface area contributed by atoms with Gasteiger partial charge in [0.25, 0.3) is 0 Å². The van der Waals surface area contributed by atoms with Crippen LogP contribution in [-0.4, -0.2) is 12.5 Å². The van der Waals surface area contributed by atoms with Crippen molar-refractivity contribution in [3.05, 3.63) is 58.7 Å². The highest BCUT2D eigenvalue weighted by molar-refractivity contribution is 6.02. The van der Waals surface area contributed by atoms with E-state index in [1.807, 2.05) is 17.0 Å². The molecule has 4 rings (SSSR count). The summed E-state index contributed by atoms with van der Waals surface area (Å²) in [5.74, 6) is 0.150. The number of nitrogens with one attached hydrogen (secondary N) is 1. The Kier molecular flexibility index (Phi) is 3.56. The predicted octanol–water partition coefficient (Wildman–Crippen LogP) is 3.83. The van der Waals surface area contributed by atoms with Crippen molar-refractivity contribution in [2.75, 3.05) is 16.8 Å². The van der Waals surface area contributed by atoms with Crippen molar-refractivity contribution in [2.45, 2.75) is 39.2 Å². The molecule has 0 atom stereocenters. The summed E-state index contributed by atoms with van der Waals surface area (Å²) in [7, 11) is 0. The second-order valence-corrected chi connectivity index (χ2v) is 6.61. The van der Waals surface area contributed by atoms with Crippen LogP contribution >= 0.6 is 0 Å². The van der Waals surface area contributed by atoms with Crippen LogP contribution in [0.3, 0.4) is 0 Å². The van der Waals surface area contributed by atoms with Gasteiger partial charge in [-0.2, -0.15) is 0 Å². The maximum atomic E-state index is 12.5. The molecule has 0 saturated carbocycles. The monoisotopic (exact) mass is 306 g/mol. The highest BCUT2D eigenvalue weighted by atomic mass is 16.2. The van der Waals surface area contributed by atoms with E-state index in [4.69, 9.17) is 0 Å². The summed E-state index contributed by atoms with van der Waals surface area (Å²) in [6, 6.07) is 12.8. The molecular weight excluding hydrogens is 284 g/mol. The Labute approximate surface area is 137 Å². The van der Waals surface area contributed by atoms with E-state index in [0.29, 0.717) is 13.1 Å². The first-order valence-corrected chi connectivity index (χ1v) is 8.47. The van der Waals surface area contributed by atoms with Gasteiger partial charge in [-0.05, 0) is 67.0 Å². The van der Waals surface area contributed by atoms with Crippen LogP contribution < -0.4 is 10.2 Å². The third-order valence-corrected chi connectivity index (χ3v) is 5.07. The van der Waals surface area contributed by atoms with Gasteiger partial charge in [-0.25, -0.2) is 0 Å². The van der Waals surface area contributed by atoms with Gasteiger partial charge in [-0.15, -0.1) is 0 Å². The van der Waals surface area contributed by atoms with E-state index >= 15 is 0 Å². The number of carbonyl (C=O) groups is 1. The first-order valence-electron chi connectivity index (χ1n) is 8.47. The number of aryl methyl sites for hydroxylation is 3. The molecule has 3 nitrogen and oxygen atoms in total. The van der Waals surface area contributed by atoms with E-state index in [1.165, 1.54) is 35.1 Å². The fourth-order valence-electron chi connectivity index (χ4n) is 3.67. The lowest BCUT2D eigenvalue weighted by molar-refractivity contribution is -0.117. The Morgan fingerprint density at radius 1 is 1.09 bits per heavy atom. The standard InChI is InChI=1S/C20H22N2O/c1-14-6-2-3-9-17(14)13-22-19-11-16-8-5-4-7-15(16)10-18(19)21-12-20(22)23/h2-3,6,9-11,21H,4-5,7-8,12-13H2,1H3. The van der Waals surface area contributed by atoms with Crippen LogP contribution in [-0.2, 0) is 24.2 Å². The molecule has 2 aliphatic rings. The van der Waals surface area contributed by atoms with Crippen molar-refractivity contribution in [2.24, 2.45) is 0 Å². The van der Waals surface area contributed by atoms with E-state index in [0.717, 1.165) is 24.2 Å². The number of anilines is 2. The highest BCUT2D eigenvalue weighted by Gasteiger charge is 2.26. The lowest BCUT2D eigenvalue weighted by Crippen LogP contribution is -2.39. The summed E-state index contributed by atoms with van der Waals surface area (Å²) < 4.78 is 0. The number of hydrogen-bond acceptors (Lipinski definition) is 2. The van der Waals surface area contributed by atoms with E-state index in [-0.39, 0.29) is 5.91 Å². The minimum atomic E-state index is 0.150. The first-order chi connectivity index (χ1) is 11.2. The Morgan fingerprint density at radius 3 is 2.61 bits per heavy atom. The van der Waals surface area contributed by atoms with Gasteiger partial charge in [-0.3, -0.25) is 4.79 Å². The van der Waals surface area contributed by atoms with Crippen LogP contribution in [0.25, 0.3) is 0 Å². The maximum absolute atomic E-state index is 12.5. The summed E-state index contributed by atoms with van der Waals surface area (Å²) in [6.45, 7) is 3.15. The smallest absolute Gasteiger partial charge is 0.246 e. The SMILES string of the molecule is Cc1ccccc1CN1C(=O)CNc2cc3c(cc21)CCCC3. The highest BCUT2D eigenvalue weighted by Crippen LogP contribution is 2.36. The van der Waals surface area contributed by atoms with Gasteiger partial charge < -0.3 is 10.2 Å². The molecule has 1 aliphatic carbocycles. The van der Waals surface area contributed by atoms with Crippen molar-refractivity contribution in [3.63, 3.8) is 0 Å². The number of fused-ring (bicyclic) bond motifs is 2. The van der Waals surface area contributed by atoms with Crippen LogP contribution in [0.5, 0.6) is 0 Å². The molecular formula is C20H22N2O. The van der Waals surface area contributed by atoms with Gasteiger partial charge in [-0.1, -0.05) is 24.3 Å². The molecule has 0 radical (unpaired) electrons. The van der Waals surface area contributed by atoms with Crippen LogP contribution in [0.4, 0.5) is 11.4 Å². The maximum Gasteiger partial charge on any atom is 0.246 e. The number of rotatable bonds is 2. The molecule has 118 valence electrons. The van der Waals surface area contributed by atoms with Gasteiger partial charge >= 0.3 is 0 Å². The topological polar surface area (TPSA) is 32.3 Å². The molecule has 1 heterocycles. The van der Waals surface area contributed by atoms with E-state index in [2.05, 4.69) is 36.5 Å². The zero-order valence-corrected chi connectivity index (χ0v) is 13.6. The van der Waals surface area contributed by atoms with Gasteiger partial charge in [0.2, 0.25) is 5.91 Å². The molecule has 2 aromatic carbocycles. The fourth-order valence-corrected chi connectivity index (χ4v) is 3.67. The number of carbonyl (C=O) groups excluding carboxylic acids is 1. The van der Waals surface area contributed by atoms with E-state index in [9.17, 15) is 4.79 Å². The molecule has 0 saturated heterocycles. The van der Waals surface area contributed by atoms with Crippen LogP contribution in [0, 0.1) is 6.92 Å². The molecule has 0 unspecified atom stereocenters. The van der Waals surface area contributed by atoms with Gasteiger partial charge in [0.05, 0.1) is 24.5 Å². The Balaban J connectivity index is 1.74. The normalized spacial score (nSPS) is 16.6. The van der Waals surface area contributed by atoms with E-state index < -0.39 is 0 Å². The zero-order chi connectivity index (χ0) is 15.8. The number of benzene rings is 2. The van der Waals surface area contributed by atoms with Crippen molar-refractivity contribution >= 4 is 17.3 Å².